The number of nitrogens with one attached hydrogen (secondary N) is 2. The van der Waals surface area contributed by atoms with Gasteiger partial charge in [0.05, 0.1) is 23.0 Å². The van der Waals surface area contributed by atoms with Crippen molar-refractivity contribution in [1.29, 1.82) is 0 Å². The maximum Gasteiger partial charge on any atom is 0.416 e. The van der Waals surface area contributed by atoms with Gasteiger partial charge in [0.25, 0.3) is 11.5 Å². The zero-order valence-electron chi connectivity index (χ0n) is 17.9. The molecule has 2 aromatic carbocycles. The van der Waals surface area contributed by atoms with E-state index in [2.05, 4.69) is 20.4 Å². The minimum atomic E-state index is -4.52. The number of hydrogen-bond donors (Lipinski definition) is 3. The molecule has 34 heavy (non-hydrogen) atoms. The maximum atomic E-state index is 12.9. The first kappa shape index (κ1) is 23.2. The fraction of sp³-hybridized carbons (Fsp3) is 0.217. The summed E-state index contributed by atoms with van der Waals surface area (Å²) in [6, 6.07) is 11.1. The van der Waals surface area contributed by atoms with Crippen LogP contribution in [0.2, 0.25) is 0 Å². The third-order valence-electron chi connectivity index (χ3n) is 5.44. The van der Waals surface area contributed by atoms with E-state index in [4.69, 9.17) is 5.84 Å². The Balaban J connectivity index is 1.54. The predicted molar refractivity (Wildman–Crippen MR) is 124 cm³/mol. The van der Waals surface area contributed by atoms with Crippen molar-refractivity contribution in [1.82, 2.24) is 15.2 Å². The Kier molecular flexibility index (Phi) is 6.46. The number of hydrogen-bond acceptors (Lipinski definition) is 6. The number of halogens is 3. The van der Waals surface area contributed by atoms with Crippen molar-refractivity contribution in [3.8, 4) is 0 Å². The van der Waals surface area contributed by atoms with Crippen molar-refractivity contribution in [2.24, 2.45) is 15.9 Å². The second kappa shape index (κ2) is 9.48. The minimum Gasteiger partial charge on any atom is -0.336 e. The van der Waals surface area contributed by atoms with E-state index >= 15 is 0 Å². The zero-order chi connectivity index (χ0) is 24.3. The molecule has 0 radical (unpaired) electrons. The predicted octanol–water partition coefficient (Wildman–Crippen LogP) is 2.66. The Hall–Kier alpha value is -3.99. The highest BCUT2D eigenvalue weighted by Crippen LogP contribution is 2.30. The van der Waals surface area contributed by atoms with Gasteiger partial charge in [0.2, 0.25) is 0 Å². The number of carbonyl (C=O) groups is 1. The molecule has 3 aromatic rings. The molecule has 4 N–H and O–H groups in total. The van der Waals surface area contributed by atoms with Crippen molar-refractivity contribution >= 4 is 34.4 Å². The average Bonchev–Trinajstić information content (AvgIpc) is 2.84. The van der Waals surface area contributed by atoms with Crippen LogP contribution in [0.1, 0.15) is 21.5 Å². The number of hydrazone groups is 1. The summed E-state index contributed by atoms with van der Waals surface area (Å²) in [6.07, 6.45) is -3.24. The molecule has 0 bridgehead atoms. The molecule has 1 aliphatic rings. The van der Waals surface area contributed by atoms with Crippen LogP contribution in [0.5, 0.6) is 0 Å². The Morgan fingerprint density at radius 1 is 1.06 bits per heavy atom. The van der Waals surface area contributed by atoms with Crippen molar-refractivity contribution in [2.45, 2.75) is 6.18 Å². The van der Waals surface area contributed by atoms with Gasteiger partial charge in [0.1, 0.15) is 5.71 Å². The Morgan fingerprint density at radius 2 is 1.76 bits per heavy atom. The monoisotopic (exact) mass is 470 g/mol. The lowest BCUT2D eigenvalue weighted by molar-refractivity contribution is -0.137. The van der Waals surface area contributed by atoms with E-state index in [0.717, 1.165) is 25.2 Å². The first-order valence-corrected chi connectivity index (χ1v) is 10.4. The van der Waals surface area contributed by atoms with E-state index in [-0.39, 0.29) is 22.7 Å². The molecule has 0 saturated carbocycles. The van der Waals surface area contributed by atoms with Crippen LogP contribution in [0, 0.1) is 0 Å². The lowest BCUT2D eigenvalue weighted by Crippen LogP contribution is -2.46. The van der Waals surface area contributed by atoms with Crippen LogP contribution in [0.25, 0.3) is 10.9 Å². The highest BCUT2D eigenvalue weighted by atomic mass is 19.4. The SMILES string of the molecule is NN=C(C=Nc1ccc(C(=O)N2CCNCC2)cc1)c1cc2ccc(C(F)(F)F)cc2[nH]c1=O. The number of nitrogens with two attached hydrogens (primary N) is 1. The van der Waals surface area contributed by atoms with Crippen LogP contribution >= 0.6 is 0 Å². The van der Waals surface area contributed by atoms with E-state index < -0.39 is 17.3 Å². The summed E-state index contributed by atoms with van der Waals surface area (Å²) in [5.74, 6) is 5.39. The van der Waals surface area contributed by atoms with E-state index in [0.29, 0.717) is 29.7 Å². The summed E-state index contributed by atoms with van der Waals surface area (Å²) in [5, 5.41) is 7.18. The molecule has 1 aliphatic heterocycles. The number of pyridine rings is 1. The fourth-order valence-corrected chi connectivity index (χ4v) is 3.62. The van der Waals surface area contributed by atoms with Gasteiger partial charge in [-0.15, -0.1) is 0 Å². The summed E-state index contributed by atoms with van der Waals surface area (Å²) >= 11 is 0. The normalized spacial score (nSPS) is 15.3. The number of aromatic nitrogens is 1. The molecule has 0 spiro atoms. The molecule has 0 unspecified atom stereocenters. The third kappa shape index (κ3) is 4.99. The summed E-state index contributed by atoms with van der Waals surface area (Å²) in [4.78, 5) is 33.5. The number of amides is 1. The van der Waals surface area contributed by atoms with Gasteiger partial charge >= 0.3 is 6.18 Å². The minimum absolute atomic E-state index is 0.0432. The second-order valence-electron chi connectivity index (χ2n) is 7.67. The number of fused-ring (bicyclic) bond motifs is 1. The van der Waals surface area contributed by atoms with Gasteiger partial charge in [-0.25, -0.2) is 0 Å². The van der Waals surface area contributed by atoms with Crippen LogP contribution in [0.3, 0.4) is 0 Å². The molecular formula is C23H21F3N6O2. The number of aliphatic imine (C=N–C) groups is 1. The number of alkyl halides is 3. The molecule has 4 rings (SSSR count). The third-order valence-corrected chi connectivity index (χ3v) is 5.44. The van der Waals surface area contributed by atoms with E-state index in [1.807, 2.05) is 0 Å². The number of piperazine rings is 1. The molecule has 0 aliphatic carbocycles. The molecule has 1 aromatic heterocycles. The number of rotatable bonds is 4. The van der Waals surface area contributed by atoms with Crippen molar-refractivity contribution in [3.05, 3.63) is 75.6 Å². The summed E-state index contributed by atoms with van der Waals surface area (Å²) in [6.45, 7) is 2.80. The van der Waals surface area contributed by atoms with Crippen molar-refractivity contribution in [2.75, 3.05) is 26.2 Å². The quantitative estimate of drug-likeness (QED) is 0.309. The molecule has 176 valence electrons. The number of H-pyrrole nitrogens is 1. The topological polar surface area (TPSA) is 116 Å². The Bertz CT molecular complexity index is 1320. The maximum absolute atomic E-state index is 12.9. The lowest BCUT2D eigenvalue weighted by Gasteiger charge is -2.27. The lowest BCUT2D eigenvalue weighted by atomic mass is 10.1. The largest absolute Gasteiger partial charge is 0.416 e. The molecule has 1 fully saturated rings. The van der Waals surface area contributed by atoms with Gasteiger partial charge in [-0.2, -0.15) is 18.3 Å². The van der Waals surface area contributed by atoms with Gasteiger partial charge < -0.3 is 21.0 Å². The fourth-order valence-electron chi connectivity index (χ4n) is 3.62. The van der Waals surface area contributed by atoms with Crippen molar-refractivity contribution in [3.63, 3.8) is 0 Å². The van der Waals surface area contributed by atoms with Gasteiger partial charge in [-0.1, -0.05) is 6.07 Å². The Labute approximate surface area is 192 Å². The first-order chi connectivity index (χ1) is 16.3. The number of nitrogens with zero attached hydrogens (tertiary/aromatic N) is 3. The summed E-state index contributed by atoms with van der Waals surface area (Å²) in [7, 11) is 0. The molecule has 2 heterocycles. The highest BCUT2D eigenvalue weighted by Gasteiger charge is 2.30. The first-order valence-electron chi connectivity index (χ1n) is 10.4. The number of carbonyl (C=O) groups excluding carboxylic acids is 1. The van der Waals surface area contributed by atoms with Gasteiger partial charge in [0.15, 0.2) is 0 Å². The summed E-state index contributed by atoms with van der Waals surface area (Å²) in [5.41, 5.74) is -0.325. The second-order valence-corrected chi connectivity index (χ2v) is 7.67. The van der Waals surface area contributed by atoms with Crippen LogP contribution in [0.4, 0.5) is 18.9 Å². The molecule has 1 saturated heterocycles. The molecule has 8 nitrogen and oxygen atoms in total. The molecule has 1 amide bonds. The standard InChI is InChI=1S/C23H21F3N6O2/c24-23(25,26)16-4-1-15-11-18(21(33)30-19(15)12-16)20(31-27)13-29-17-5-2-14(3-6-17)22(34)32-9-7-28-8-10-32/h1-6,11-13,28H,7-10,27H2,(H,30,33). The van der Waals surface area contributed by atoms with Crippen LogP contribution < -0.4 is 16.7 Å². The number of aromatic amines is 1. The van der Waals surface area contributed by atoms with Crippen molar-refractivity contribution < 1.29 is 18.0 Å². The van der Waals surface area contributed by atoms with Gasteiger partial charge in [-0.3, -0.25) is 14.6 Å². The molecule has 11 heteroatoms. The van der Waals surface area contributed by atoms with Crippen LogP contribution in [-0.2, 0) is 6.18 Å². The summed E-state index contributed by atoms with van der Waals surface area (Å²) < 4.78 is 38.8. The van der Waals surface area contributed by atoms with E-state index in [9.17, 15) is 22.8 Å². The Morgan fingerprint density at radius 3 is 2.41 bits per heavy atom. The van der Waals surface area contributed by atoms with E-state index in [1.165, 1.54) is 18.3 Å². The van der Waals surface area contributed by atoms with Crippen LogP contribution in [-0.4, -0.2) is 53.9 Å². The number of benzene rings is 2. The average molecular weight is 470 g/mol. The van der Waals surface area contributed by atoms with Crippen LogP contribution in [0.15, 0.2) is 63.4 Å². The smallest absolute Gasteiger partial charge is 0.336 e. The van der Waals surface area contributed by atoms with E-state index in [1.54, 1.807) is 29.2 Å². The van der Waals surface area contributed by atoms with Gasteiger partial charge in [0, 0.05) is 37.3 Å². The van der Waals surface area contributed by atoms with Gasteiger partial charge in [-0.05, 0) is 47.9 Å². The molecular weight excluding hydrogens is 449 g/mol. The highest BCUT2D eigenvalue weighted by molar-refractivity contribution is 6.38. The zero-order valence-corrected chi connectivity index (χ0v) is 17.9. The molecule has 0 atom stereocenters.